The van der Waals surface area contributed by atoms with Gasteiger partial charge in [-0.15, -0.1) is 0 Å². The Kier molecular flexibility index (Phi) is 10.4. The molecular formula is C33H42N6O6. The van der Waals surface area contributed by atoms with E-state index in [0.29, 0.717) is 88.8 Å². The quantitative estimate of drug-likeness (QED) is 0.427. The lowest BCUT2D eigenvalue weighted by Crippen LogP contribution is -2.42. The molecule has 0 N–H and O–H groups in total. The maximum absolute atomic E-state index is 13.8. The van der Waals surface area contributed by atoms with Crippen LogP contribution in [-0.4, -0.2) is 116 Å². The highest BCUT2D eigenvalue weighted by atomic mass is 16.6. The molecule has 2 aromatic carbocycles. The van der Waals surface area contributed by atoms with Gasteiger partial charge in [-0.25, -0.2) is 9.78 Å². The van der Waals surface area contributed by atoms with Gasteiger partial charge in [-0.3, -0.25) is 14.5 Å². The number of hydrogen-bond donors (Lipinski definition) is 0. The minimum Gasteiger partial charge on any atom is -0.493 e. The number of hydrogen-bond acceptors (Lipinski definition) is 8. The average Bonchev–Trinajstić information content (AvgIpc) is 3.69. The Balaban J connectivity index is 1.38. The molecule has 2 aliphatic heterocycles. The van der Waals surface area contributed by atoms with E-state index in [-0.39, 0.29) is 18.4 Å². The number of benzene rings is 2. The van der Waals surface area contributed by atoms with E-state index in [1.807, 2.05) is 77.1 Å². The first-order valence-corrected chi connectivity index (χ1v) is 15.4. The summed E-state index contributed by atoms with van der Waals surface area (Å²) in [5.41, 5.74) is 2.52. The van der Waals surface area contributed by atoms with Crippen molar-refractivity contribution in [2.24, 2.45) is 0 Å². The maximum atomic E-state index is 13.8. The molecule has 0 aliphatic carbocycles. The summed E-state index contributed by atoms with van der Waals surface area (Å²) >= 11 is 0. The normalized spacial score (nSPS) is 16.3. The van der Waals surface area contributed by atoms with Gasteiger partial charge in [0.25, 0.3) is 5.91 Å². The molecule has 2 aliphatic rings. The van der Waals surface area contributed by atoms with Crippen molar-refractivity contribution in [3.05, 3.63) is 60.4 Å². The van der Waals surface area contributed by atoms with Crippen LogP contribution in [0.4, 0.5) is 10.5 Å². The molecule has 3 heterocycles. The third-order valence-corrected chi connectivity index (χ3v) is 8.13. The fourth-order valence-corrected chi connectivity index (χ4v) is 5.54. The van der Waals surface area contributed by atoms with Gasteiger partial charge in [-0.1, -0.05) is 0 Å². The van der Waals surface area contributed by atoms with Gasteiger partial charge in [0.1, 0.15) is 19.0 Å². The Morgan fingerprint density at radius 2 is 1.64 bits per heavy atom. The molecule has 0 atom stereocenters. The Labute approximate surface area is 264 Å². The van der Waals surface area contributed by atoms with Gasteiger partial charge >= 0.3 is 6.09 Å². The van der Waals surface area contributed by atoms with Crippen molar-refractivity contribution in [1.29, 1.82) is 0 Å². The first-order valence-electron chi connectivity index (χ1n) is 15.4. The molecular weight excluding hydrogens is 576 g/mol. The Bertz CT molecular complexity index is 1470. The van der Waals surface area contributed by atoms with E-state index in [2.05, 4.69) is 4.98 Å². The number of aromatic nitrogens is 2. The van der Waals surface area contributed by atoms with Crippen molar-refractivity contribution in [3.8, 4) is 22.9 Å². The number of nitrogens with zero attached hydrogens (tertiary/aromatic N) is 6. The highest BCUT2D eigenvalue weighted by molar-refractivity contribution is 5.94. The van der Waals surface area contributed by atoms with Crippen LogP contribution < -0.4 is 14.4 Å². The summed E-state index contributed by atoms with van der Waals surface area (Å²) in [6.45, 7) is 3.60. The van der Waals surface area contributed by atoms with E-state index < -0.39 is 6.09 Å². The fourth-order valence-electron chi connectivity index (χ4n) is 5.54. The van der Waals surface area contributed by atoms with Crippen LogP contribution in [0.3, 0.4) is 0 Å². The maximum Gasteiger partial charge on any atom is 0.410 e. The first-order chi connectivity index (χ1) is 21.8. The molecule has 0 saturated carbocycles. The number of carbonyl (C=O) groups excluding carboxylic acids is 3. The lowest BCUT2D eigenvalue weighted by atomic mass is 10.1. The van der Waals surface area contributed by atoms with Gasteiger partial charge in [-0.2, -0.15) is 0 Å². The molecule has 12 heteroatoms. The summed E-state index contributed by atoms with van der Waals surface area (Å²) in [5.74, 6) is 1.79. The molecule has 12 nitrogen and oxygen atoms in total. The molecule has 3 aromatic rings. The minimum atomic E-state index is -0.461. The number of amides is 3. The Hall–Kier alpha value is -4.74. The zero-order valence-electron chi connectivity index (χ0n) is 26.3. The number of carbonyl (C=O) groups is 3. The van der Waals surface area contributed by atoms with Crippen LogP contribution in [0, 0.1) is 0 Å². The predicted octanol–water partition coefficient (Wildman–Crippen LogP) is 3.61. The van der Waals surface area contributed by atoms with Crippen molar-refractivity contribution in [2.45, 2.75) is 25.8 Å². The van der Waals surface area contributed by atoms with Crippen LogP contribution in [0.5, 0.6) is 11.5 Å². The molecule has 1 aromatic heterocycles. The summed E-state index contributed by atoms with van der Waals surface area (Å²) in [6, 6.07) is 13.3. The molecule has 1 fully saturated rings. The summed E-state index contributed by atoms with van der Waals surface area (Å²) in [6.07, 6.45) is 5.22. The van der Waals surface area contributed by atoms with Crippen molar-refractivity contribution < 1.29 is 28.6 Å². The second-order valence-corrected chi connectivity index (χ2v) is 11.4. The number of cyclic esters (lactones) is 1. The van der Waals surface area contributed by atoms with Crippen molar-refractivity contribution in [1.82, 2.24) is 24.3 Å². The van der Waals surface area contributed by atoms with Gasteiger partial charge in [0.2, 0.25) is 5.91 Å². The highest BCUT2D eigenvalue weighted by Gasteiger charge is 2.26. The van der Waals surface area contributed by atoms with Crippen molar-refractivity contribution in [2.75, 3.05) is 78.6 Å². The van der Waals surface area contributed by atoms with Crippen LogP contribution in [-0.2, 0) is 16.1 Å². The molecule has 0 unspecified atom stereocenters. The second-order valence-electron chi connectivity index (χ2n) is 11.4. The third kappa shape index (κ3) is 7.86. The molecule has 2 bridgehead atoms. The van der Waals surface area contributed by atoms with Gasteiger partial charge in [0.05, 0.1) is 20.3 Å². The topological polar surface area (TPSA) is 110 Å². The molecule has 0 spiro atoms. The predicted molar refractivity (Wildman–Crippen MR) is 170 cm³/mol. The Morgan fingerprint density at radius 1 is 0.889 bits per heavy atom. The fraction of sp³-hybridized carbons (Fsp3) is 0.455. The molecule has 240 valence electrons. The van der Waals surface area contributed by atoms with Gasteiger partial charge in [0.15, 0.2) is 11.5 Å². The number of anilines is 1. The highest BCUT2D eigenvalue weighted by Crippen LogP contribution is 2.32. The SMILES string of the molecule is COc1ccc2cc1OCCCN(C(=O)CN1CCOC1=O)CCCCN(C(=O)c1ccc(N(C)C)cc1)CCn1ccnc1-2. The summed E-state index contributed by atoms with van der Waals surface area (Å²) in [4.78, 5) is 50.8. The standard InChI is InChI=1S/C33H42N6O6/c1-35(2)27-10-7-25(8-11-27)32(41)38-15-5-4-14-36(30(40)24-39-20-22-45-33(39)42)16-6-21-44-29-23-26(9-12-28(29)43-3)31-34-13-17-37(31)18-19-38/h7-13,17,23H,4-6,14-16,18-22,24H2,1-3H3. The molecule has 0 radical (unpaired) electrons. The zero-order chi connectivity index (χ0) is 31.8. The smallest absolute Gasteiger partial charge is 0.410 e. The monoisotopic (exact) mass is 618 g/mol. The minimum absolute atomic E-state index is 0.0193. The molecule has 1 saturated heterocycles. The van der Waals surface area contributed by atoms with Gasteiger partial charge in [0, 0.05) is 76.0 Å². The van der Waals surface area contributed by atoms with Crippen LogP contribution in [0.2, 0.25) is 0 Å². The number of imidazole rings is 1. The Morgan fingerprint density at radius 3 is 2.36 bits per heavy atom. The van der Waals surface area contributed by atoms with Crippen LogP contribution in [0.15, 0.2) is 54.9 Å². The van der Waals surface area contributed by atoms with E-state index in [0.717, 1.165) is 17.1 Å². The van der Waals surface area contributed by atoms with Gasteiger partial charge < -0.3 is 33.5 Å². The number of ether oxygens (including phenoxy) is 3. The van der Waals surface area contributed by atoms with E-state index >= 15 is 0 Å². The summed E-state index contributed by atoms with van der Waals surface area (Å²) in [5, 5.41) is 0. The van der Waals surface area contributed by atoms with E-state index in [1.54, 1.807) is 18.2 Å². The van der Waals surface area contributed by atoms with Crippen LogP contribution >= 0.6 is 0 Å². The number of rotatable bonds is 5. The van der Waals surface area contributed by atoms with Crippen molar-refractivity contribution >= 4 is 23.6 Å². The second kappa shape index (κ2) is 14.8. The summed E-state index contributed by atoms with van der Waals surface area (Å²) < 4.78 is 18.8. The molecule has 5 rings (SSSR count). The summed E-state index contributed by atoms with van der Waals surface area (Å²) in [7, 11) is 5.53. The first kappa shape index (κ1) is 31.7. The van der Waals surface area contributed by atoms with Gasteiger partial charge in [-0.05, 0) is 61.7 Å². The third-order valence-electron chi connectivity index (χ3n) is 8.13. The number of fused-ring (bicyclic) bond motifs is 4. The molecule has 45 heavy (non-hydrogen) atoms. The van der Waals surface area contributed by atoms with Crippen LogP contribution in [0.25, 0.3) is 11.4 Å². The van der Waals surface area contributed by atoms with Crippen LogP contribution in [0.1, 0.15) is 29.6 Å². The largest absolute Gasteiger partial charge is 0.493 e. The van der Waals surface area contributed by atoms with E-state index in [9.17, 15) is 14.4 Å². The number of methoxy groups -OCH3 is 1. The van der Waals surface area contributed by atoms with E-state index in [4.69, 9.17) is 14.2 Å². The average molecular weight is 619 g/mol. The molecule has 3 amide bonds. The lowest BCUT2D eigenvalue weighted by molar-refractivity contribution is -0.132. The van der Waals surface area contributed by atoms with E-state index in [1.165, 1.54) is 4.90 Å². The zero-order valence-corrected chi connectivity index (χ0v) is 26.3. The lowest BCUT2D eigenvalue weighted by Gasteiger charge is -2.26. The van der Waals surface area contributed by atoms with Crippen molar-refractivity contribution in [3.63, 3.8) is 0 Å².